The maximum atomic E-state index is 12.8. The molecule has 5 rings (SSSR count). The number of carbonyl (C=O) groups excluding carboxylic acids is 2. The van der Waals surface area contributed by atoms with Crippen LogP contribution in [0.5, 0.6) is 0 Å². The molecule has 3 aromatic carbocycles. The van der Waals surface area contributed by atoms with E-state index in [-0.39, 0.29) is 0 Å². The highest BCUT2D eigenvalue weighted by Gasteiger charge is 2.30. The molecular formula is C25H19ClN6O2. The first kappa shape index (κ1) is 21.5. The van der Waals surface area contributed by atoms with Crippen molar-refractivity contribution in [2.75, 3.05) is 5.32 Å². The summed E-state index contributed by atoms with van der Waals surface area (Å²) in [7, 11) is 0. The normalized spacial score (nSPS) is 14.3. The Balaban J connectivity index is 1.56. The third-order valence-corrected chi connectivity index (χ3v) is 5.63. The van der Waals surface area contributed by atoms with Crippen LogP contribution in [-0.2, 0) is 9.59 Å². The summed E-state index contributed by atoms with van der Waals surface area (Å²) in [6.07, 6.45) is -0.951. The van der Waals surface area contributed by atoms with E-state index in [0.29, 0.717) is 28.1 Å². The lowest BCUT2D eigenvalue weighted by atomic mass is 10.0. The van der Waals surface area contributed by atoms with Crippen molar-refractivity contribution in [1.82, 2.24) is 20.1 Å². The fourth-order valence-electron chi connectivity index (χ4n) is 3.81. The summed E-state index contributed by atoms with van der Waals surface area (Å²) in [5.74, 6) is -0.622. The first-order valence-electron chi connectivity index (χ1n) is 10.5. The van der Waals surface area contributed by atoms with Crippen molar-refractivity contribution in [3.8, 4) is 5.69 Å². The van der Waals surface area contributed by atoms with Crippen LogP contribution < -0.4 is 10.6 Å². The fourth-order valence-corrected chi connectivity index (χ4v) is 3.94. The molecule has 4 aromatic rings. The number of hydrogen-bond acceptors (Lipinski definition) is 5. The molecule has 1 unspecified atom stereocenters. The molecule has 1 atom stereocenters. The molecular weight excluding hydrogens is 452 g/mol. The molecule has 1 aliphatic rings. The molecule has 0 aliphatic carbocycles. The molecule has 2 amide bonds. The van der Waals surface area contributed by atoms with Crippen LogP contribution in [0.3, 0.4) is 0 Å². The van der Waals surface area contributed by atoms with Gasteiger partial charge in [-0.05, 0) is 37.3 Å². The second-order valence-corrected chi connectivity index (χ2v) is 8.08. The predicted octanol–water partition coefficient (Wildman–Crippen LogP) is 3.83. The van der Waals surface area contributed by atoms with Gasteiger partial charge in [-0.1, -0.05) is 60.1 Å². The zero-order chi connectivity index (χ0) is 23.7. The molecule has 0 saturated carbocycles. The van der Waals surface area contributed by atoms with Gasteiger partial charge in [0.05, 0.1) is 11.4 Å². The van der Waals surface area contributed by atoms with Crippen molar-refractivity contribution in [3.05, 3.63) is 107 Å². The Labute approximate surface area is 200 Å². The highest BCUT2D eigenvalue weighted by Crippen LogP contribution is 2.30. The van der Waals surface area contributed by atoms with Gasteiger partial charge in [-0.3, -0.25) is 19.1 Å². The van der Waals surface area contributed by atoms with Crippen LogP contribution in [0.2, 0.25) is 5.02 Å². The van der Waals surface area contributed by atoms with E-state index in [2.05, 4.69) is 20.8 Å². The number of benzene rings is 3. The van der Waals surface area contributed by atoms with E-state index in [0.717, 1.165) is 16.8 Å². The Kier molecular flexibility index (Phi) is 5.65. The number of fused-ring (bicyclic) bond motifs is 3. The van der Waals surface area contributed by atoms with Crippen LogP contribution in [0, 0.1) is 6.92 Å². The Morgan fingerprint density at radius 1 is 0.882 bits per heavy atom. The molecule has 2 N–H and O–H groups in total. The summed E-state index contributed by atoms with van der Waals surface area (Å²) in [6.45, 7) is 1.82. The number of amides is 2. The number of aryl methyl sites for hydroxylation is 1. The van der Waals surface area contributed by atoms with Crippen LogP contribution in [-0.4, -0.2) is 32.3 Å². The Hall–Kier alpha value is -4.30. The van der Waals surface area contributed by atoms with Gasteiger partial charge in [0, 0.05) is 21.8 Å². The largest absolute Gasteiger partial charge is 0.320 e. The van der Waals surface area contributed by atoms with Crippen LogP contribution in [0.15, 0.2) is 83.9 Å². The minimum Gasteiger partial charge on any atom is -0.320 e. The van der Waals surface area contributed by atoms with Crippen molar-refractivity contribution >= 4 is 34.8 Å². The topological polar surface area (TPSA) is 101 Å². The van der Waals surface area contributed by atoms with Crippen LogP contribution in [0.25, 0.3) is 5.69 Å². The number of rotatable bonds is 3. The second kappa shape index (κ2) is 8.92. The summed E-state index contributed by atoms with van der Waals surface area (Å²) in [5.41, 5.74) is 3.60. The minimum atomic E-state index is -0.951. The lowest BCUT2D eigenvalue weighted by Crippen LogP contribution is -2.38. The average molecular weight is 471 g/mol. The molecule has 34 heavy (non-hydrogen) atoms. The van der Waals surface area contributed by atoms with Gasteiger partial charge >= 0.3 is 11.8 Å². The van der Waals surface area contributed by atoms with E-state index in [1.54, 1.807) is 36.4 Å². The third kappa shape index (κ3) is 4.06. The van der Waals surface area contributed by atoms with E-state index in [1.165, 1.54) is 0 Å². The van der Waals surface area contributed by atoms with E-state index in [1.807, 2.05) is 54.0 Å². The molecule has 1 aliphatic heterocycles. The number of halogens is 1. The first-order chi connectivity index (χ1) is 16.5. The van der Waals surface area contributed by atoms with E-state index < -0.39 is 18.0 Å². The molecule has 0 saturated heterocycles. The van der Waals surface area contributed by atoms with E-state index in [9.17, 15) is 9.59 Å². The number of nitrogens with one attached hydrogen (secondary N) is 2. The van der Waals surface area contributed by atoms with Crippen molar-refractivity contribution in [2.24, 2.45) is 4.99 Å². The number of para-hydroxylation sites is 2. The lowest BCUT2D eigenvalue weighted by molar-refractivity contribution is -0.136. The summed E-state index contributed by atoms with van der Waals surface area (Å²) in [6, 6.07) is 23.7. The molecule has 1 aromatic heterocycles. The van der Waals surface area contributed by atoms with Crippen molar-refractivity contribution in [3.63, 3.8) is 0 Å². The Morgan fingerprint density at radius 3 is 2.35 bits per heavy atom. The van der Waals surface area contributed by atoms with Gasteiger partial charge < -0.3 is 10.6 Å². The third-order valence-electron chi connectivity index (χ3n) is 5.38. The van der Waals surface area contributed by atoms with Gasteiger partial charge in [0.2, 0.25) is 0 Å². The Bertz CT molecular complexity index is 1410. The van der Waals surface area contributed by atoms with Gasteiger partial charge in [0.15, 0.2) is 12.0 Å². The average Bonchev–Trinajstić information content (AvgIpc) is 3.17. The maximum absolute atomic E-state index is 12.8. The van der Waals surface area contributed by atoms with E-state index >= 15 is 0 Å². The van der Waals surface area contributed by atoms with Gasteiger partial charge in [0.25, 0.3) is 0 Å². The number of aromatic nitrogens is 3. The van der Waals surface area contributed by atoms with Crippen LogP contribution >= 0.6 is 11.6 Å². The van der Waals surface area contributed by atoms with Gasteiger partial charge in [-0.2, -0.15) is 0 Å². The fraction of sp³-hybridized carbons (Fsp3) is 0.0800. The van der Waals surface area contributed by atoms with Gasteiger partial charge in [-0.25, -0.2) is 0 Å². The van der Waals surface area contributed by atoms with Gasteiger partial charge in [0.1, 0.15) is 5.82 Å². The number of anilines is 1. The van der Waals surface area contributed by atoms with Gasteiger partial charge in [-0.15, -0.1) is 10.2 Å². The molecule has 2 heterocycles. The number of nitrogens with zero attached hydrogens (tertiary/aromatic N) is 4. The zero-order valence-corrected chi connectivity index (χ0v) is 18.8. The van der Waals surface area contributed by atoms with Crippen LogP contribution in [0.4, 0.5) is 5.69 Å². The predicted molar refractivity (Wildman–Crippen MR) is 129 cm³/mol. The van der Waals surface area contributed by atoms with Crippen LogP contribution in [0.1, 0.15) is 28.9 Å². The number of aliphatic imine (C=N–C) groups is 1. The lowest BCUT2D eigenvalue weighted by Gasteiger charge is -2.14. The molecule has 8 nitrogen and oxygen atoms in total. The molecule has 0 fully saturated rings. The zero-order valence-electron chi connectivity index (χ0n) is 18.1. The molecule has 0 radical (unpaired) electrons. The van der Waals surface area contributed by atoms with Crippen molar-refractivity contribution in [2.45, 2.75) is 13.1 Å². The monoisotopic (exact) mass is 470 g/mol. The van der Waals surface area contributed by atoms with E-state index in [4.69, 9.17) is 16.6 Å². The molecule has 168 valence electrons. The summed E-state index contributed by atoms with van der Waals surface area (Å²) >= 11 is 6.09. The first-order valence-corrected chi connectivity index (χ1v) is 10.9. The summed E-state index contributed by atoms with van der Waals surface area (Å²) < 4.78 is 1.84. The maximum Gasteiger partial charge on any atom is 0.313 e. The van der Waals surface area contributed by atoms with Crippen molar-refractivity contribution < 1.29 is 9.59 Å². The second-order valence-electron chi connectivity index (χ2n) is 7.64. The minimum absolute atomic E-state index is 0.398. The summed E-state index contributed by atoms with van der Waals surface area (Å²) in [4.78, 5) is 30.2. The SMILES string of the molecule is Cc1nnc2n1-c1ccccc1C(c1ccc(Cl)cc1)=NC2NC(=O)C(=O)Nc1ccccc1. The summed E-state index contributed by atoms with van der Waals surface area (Å²) in [5, 5.41) is 14.4. The number of hydrogen-bond donors (Lipinski definition) is 2. The molecule has 0 bridgehead atoms. The number of carbonyl (C=O) groups is 2. The standard InChI is InChI=1S/C25H19ClN6O2/c1-15-30-31-23-22(29-25(34)24(33)27-18-7-3-2-4-8-18)28-21(16-11-13-17(26)14-12-16)19-9-5-6-10-20(19)32(15)23/h2-14,22H,1H3,(H,27,33)(H,29,34). The smallest absolute Gasteiger partial charge is 0.313 e. The molecule has 0 spiro atoms. The quantitative estimate of drug-likeness (QED) is 0.444. The highest BCUT2D eigenvalue weighted by atomic mass is 35.5. The Morgan fingerprint density at radius 2 is 1.59 bits per heavy atom. The van der Waals surface area contributed by atoms with Crippen molar-refractivity contribution in [1.29, 1.82) is 0 Å². The molecule has 9 heteroatoms. The highest BCUT2D eigenvalue weighted by molar-refractivity contribution is 6.39.